The van der Waals surface area contributed by atoms with E-state index in [9.17, 15) is 0 Å². The average Bonchev–Trinajstić information content (AvgIpc) is 2.38. The van der Waals surface area contributed by atoms with Crippen molar-refractivity contribution in [2.75, 3.05) is 31.1 Å². The summed E-state index contributed by atoms with van der Waals surface area (Å²) in [7, 11) is 0. The van der Waals surface area contributed by atoms with E-state index in [1.54, 1.807) is 0 Å². The molecule has 1 aromatic rings. The SMILES string of the molecule is CCC(N)N1CCN(c2cccc(Cl)c2)CC1. The van der Waals surface area contributed by atoms with E-state index < -0.39 is 0 Å². The number of nitrogens with zero attached hydrogens (tertiary/aromatic N) is 2. The van der Waals surface area contributed by atoms with Crippen LogP contribution < -0.4 is 10.6 Å². The second-order valence-electron chi connectivity index (χ2n) is 4.48. The first kappa shape index (κ1) is 12.7. The molecule has 1 heterocycles. The van der Waals surface area contributed by atoms with Gasteiger partial charge < -0.3 is 10.6 Å². The number of nitrogens with two attached hydrogens (primary N) is 1. The van der Waals surface area contributed by atoms with Crippen LogP contribution in [0.2, 0.25) is 5.02 Å². The molecule has 0 amide bonds. The minimum absolute atomic E-state index is 0.205. The minimum Gasteiger partial charge on any atom is -0.369 e. The highest BCUT2D eigenvalue weighted by Gasteiger charge is 2.20. The Morgan fingerprint density at radius 2 is 2.00 bits per heavy atom. The first-order valence-electron chi connectivity index (χ1n) is 6.21. The second kappa shape index (κ2) is 5.71. The van der Waals surface area contributed by atoms with Gasteiger partial charge in [-0.1, -0.05) is 24.6 Å². The van der Waals surface area contributed by atoms with Crippen molar-refractivity contribution in [2.24, 2.45) is 5.73 Å². The quantitative estimate of drug-likeness (QED) is 0.896. The predicted octanol–water partition coefficient (Wildman–Crippen LogP) is 2.16. The standard InChI is InChI=1S/C13H20ClN3/c1-2-13(15)17-8-6-16(7-9-17)12-5-3-4-11(14)10-12/h3-5,10,13H,2,6-9,15H2,1H3. The lowest BCUT2D eigenvalue weighted by molar-refractivity contribution is 0.184. The van der Waals surface area contributed by atoms with Gasteiger partial charge in [0.25, 0.3) is 0 Å². The Labute approximate surface area is 108 Å². The number of rotatable bonds is 3. The molecule has 17 heavy (non-hydrogen) atoms. The van der Waals surface area contributed by atoms with E-state index in [0.717, 1.165) is 37.6 Å². The van der Waals surface area contributed by atoms with Gasteiger partial charge in [0.2, 0.25) is 0 Å². The average molecular weight is 254 g/mol. The Morgan fingerprint density at radius 3 is 2.59 bits per heavy atom. The molecule has 1 aliphatic heterocycles. The molecule has 3 nitrogen and oxygen atoms in total. The van der Waals surface area contributed by atoms with E-state index >= 15 is 0 Å². The molecule has 1 fully saturated rings. The van der Waals surface area contributed by atoms with Crippen molar-refractivity contribution in [1.82, 2.24) is 4.90 Å². The highest BCUT2D eigenvalue weighted by molar-refractivity contribution is 6.30. The third-order valence-electron chi connectivity index (χ3n) is 3.37. The van der Waals surface area contributed by atoms with Crippen LogP contribution in [0, 0.1) is 0 Å². The molecule has 1 aliphatic rings. The molecular weight excluding hydrogens is 234 g/mol. The Hall–Kier alpha value is -0.770. The van der Waals surface area contributed by atoms with E-state index in [0.29, 0.717) is 0 Å². The number of piperazine rings is 1. The van der Waals surface area contributed by atoms with Crippen molar-refractivity contribution in [3.63, 3.8) is 0 Å². The molecule has 0 spiro atoms. The lowest BCUT2D eigenvalue weighted by Crippen LogP contribution is -2.53. The summed E-state index contributed by atoms with van der Waals surface area (Å²) in [4.78, 5) is 4.71. The molecule has 1 unspecified atom stereocenters. The fourth-order valence-corrected chi connectivity index (χ4v) is 2.43. The minimum atomic E-state index is 0.205. The number of halogens is 1. The van der Waals surface area contributed by atoms with E-state index in [1.807, 2.05) is 18.2 Å². The maximum Gasteiger partial charge on any atom is 0.0570 e. The van der Waals surface area contributed by atoms with Crippen LogP contribution in [0.15, 0.2) is 24.3 Å². The van der Waals surface area contributed by atoms with Gasteiger partial charge in [-0.25, -0.2) is 0 Å². The summed E-state index contributed by atoms with van der Waals surface area (Å²) in [6, 6.07) is 8.05. The number of benzene rings is 1. The lowest BCUT2D eigenvalue weighted by Gasteiger charge is -2.38. The third kappa shape index (κ3) is 3.12. The van der Waals surface area contributed by atoms with Gasteiger partial charge in [-0.15, -0.1) is 0 Å². The molecule has 0 aliphatic carbocycles. The molecule has 0 saturated carbocycles. The molecular formula is C13H20ClN3. The normalized spacial score (nSPS) is 19.4. The molecule has 1 saturated heterocycles. The van der Waals surface area contributed by atoms with Gasteiger partial charge in [-0.05, 0) is 24.6 Å². The fraction of sp³-hybridized carbons (Fsp3) is 0.538. The zero-order valence-electron chi connectivity index (χ0n) is 10.3. The molecule has 94 valence electrons. The zero-order valence-corrected chi connectivity index (χ0v) is 11.0. The summed E-state index contributed by atoms with van der Waals surface area (Å²) in [5.74, 6) is 0. The summed E-state index contributed by atoms with van der Waals surface area (Å²) in [6.07, 6.45) is 1.22. The maximum atomic E-state index is 6.04. The summed E-state index contributed by atoms with van der Waals surface area (Å²) in [5.41, 5.74) is 7.25. The first-order chi connectivity index (χ1) is 8.20. The van der Waals surface area contributed by atoms with Crippen LogP contribution in [0.3, 0.4) is 0 Å². The Balaban J connectivity index is 1.95. The van der Waals surface area contributed by atoms with Gasteiger partial charge in [0.15, 0.2) is 0 Å². The molecule has 2 N–H and O–H groups in total. The van der Waals surface area contributed by atoms with E-state index in [2.05, 4.69) is 22.8 Å². The van der Waals surface area contributed by atoms with Gasteiger partial charge in [0, 0.05) is 36.9 Å². The third-order valence-corrected chi connectivity index (χ3v) is 3.61. The monoisotopic (exact) mass is 253 g/mol. The van der Waals surface area contributed by atoms with Crippen molar-refractivity contribution < 1.29 is 0 Å². The maximum absolute atomic E-state index is 6.04. The van der Waals surface area contributed by atoms with E-state index in [4.69, 9.17) is 17.3 Å². The van der Waals surface area contributed by atoms with Gasteiger partial charge in [0.05, 0.1) is 6.17 Å². The molecule has 0 bridgehead atoms. The Kier molecular flexibility index (Phi) is 4.26. The van der Waals surface area contributed by atoms with Gasteiger partial charge in [-0.2, -0.15) is 0 Å². The van der Waals surface area contributed by atoms with E-state index in [1.165, 1.54) is 5.69 Å². The molecule has 2 rings (SSSR count). The zero-order chi connectivity index (χ0) is 12.3. The van der Waals surface area contributed by atoms with Crippen molar-refractivity contribution in [2.45, 2.75) is 19.5 Å². The van der Waals surface area contributed by atoms with Crippen LogP contribution >= 0.6 is 11.6 Å². The van der Waals surface area contributed by atoms with Crippen LogP contribution in [0.4, 0.5) is 5.69 Å². The molecule has 0 aromatic heterocycles. The van der Waals surface area contributed by atoms with Crippen molar-refractivity contribution >= 4 is 17.3 Å². The summed E-state index contributed by atoms with van der Waals surface area (Å²) in [5, 5.41) is 0.801. The largest absolute Gasteiger partial charge is 0.369 e. The smallest absolute Gasteiger partial charge is 0.0570 e. The molecule has 1 aromatic carbocycles. The summed E-state index contributed by atoms with van der Waals surface area (Å²) < 4.78 is 0. The number of hydrogen-bond acceptors (Lipinski definition) is 3. The van der Waals surface area contributed by atoms with Crippen LogP contribution in [-0.4, -0.2) is 37.2 Å². The number of hydrogen-bond donors (Lipinski definition) is 1. The van der Waals surface area contributed by atoms with Crippen molar-refractivity contribution in [3.05, 3.63) is 29.3 Å². The first-order valence-corrected chi connectivity index (χ1v) is 6.58. The van der Waals surface area contributed by atoms with Gasteiger partial charge in [0.1, 0.15) is 0 Å². The van der Waals surface area contributed by atoms with E-state index in [-0.39, 0.29) is 6.17 Å². The van der Waals surface area contributed by atoms with Gasteiger partial charge in [-0.3, -0.25) is 4.90 Å². The van der Waals surface area contributed by atoms with Gasteiger partial charge >= 0.3 is 0 Å². The predicted molar refractivity (Wildman–Crippen MR) is 73.5 cm³/mol. The molecule has 4 heteroatoms. The lowest BCUT2D eigenvalue weighted by atomic mass is 10.2. The van der Waals surface area contributed by atoms with Crippen LogP contribution in [0.5, 0.6) is 0 Å². The van der Waals surface area contributed by atoms with Crippen molar-refractivity contribution in [3.8, 4) is 0 Å². The van der Waals surface area contributed by atoms with Crippen molar-refractivity contribution in [1.29, 1.82) is 0 Å². The molecule has 0 radical (unpaired) electrons. The Bertz CT molecular complexity index is 361. The number of anilines is 1. The topological polar surface area (TPSA) is 32.5 Å². The highest BCUT2D eigenvalue weighted by atomic mass is 35.5. The van der Waals surface area contributed by atoms with Crippen LogP contribution in [0.1, 0.15) is 13.3 Å². The highest BCUT2D eigenvalue weighted by Crippen LogP contribution is 2.21. The second-order valence-corrected chi connectivity index (χ2v) is 4.91. The van der Waals surface area contributed by atoms with Crippen LogP contribution in [0.25, 0.3) is 0 Å². The summed E-state index contributed by atoms with van der Waals surface area (Å²) in [6.45, 7) is 6.24. The van der Waals surface area contributed by atoms with Crippen LogP contribution in [-0.2, 0) is 0 Å². The fourth-order valence-electron chi connectivity index (χ4n) is 2.24. The molecule has 1 atom stereocenters. The summed E-state index contributed by atoms with van der Waals surface area (Å²) >= 11 is 6.01. The Morgan fingerprint density at radius 1 is 1.29 bits per heavy atom.